The van der Waals surface area contributed by atoms with Gasteiger partial charge in [0.2, 0.25) is 5.91 Å². The Labute approximate surface area is 173 Å². The molecule has 1 amide bonds. The lowest BCUT2D eigenvalue weighted by molar-refractivity contribution is -0.121. The molecule has 0 aliphatic carbocycles. The summed E-state index contributed by atoms with van der Waals surface area (Å²) in [6.45, 7) is 15.7. The van der Waals surface area contributed by atoms with Crippen LogP contribution >= 0.6 is 24.0 Å². The molecular formula is C17H32IN7O. The second kappa shape index (κ2) is 11.9. The Kier molecular flexibility index (Phi) is 11.1. The maximum absolute atomic E-state index is 11.9. The molecule has 0 atom stereocenters. The molecule has 0 bridgehead atoms. The summed E-state index contributed by atoms with van der Waals surface area (Å²) in [7, 11) is 0. The highest BCUT2D eigenvalue weighted by atomic mass is 127. The van der Waals surface area contributed by atoms with Gasteiger partial charge < -0.3 is 20.5 Å². The summed E-state index contributed by atoms with van der Waals surface area (Å²) in [6.07, 6.45) is 2.55. The number of hydrogen-bond donors (Lipinski definition) is 3. The summed E-state index contributed by atoms with van der Waals surface area (Å²) < 4.78 is 2.00. The molecule has 0 aliphatic heterocycles. The quantitative estimate of drug-likeness (QED) is 0.228. The van der Waals surface area contributed by atoms with Crippen LogP contribution in [0.15, 0.2) is 23.5 Å². The minimum Gasteiger partial charge on any atom is -0.355 e. The van der Waals surface area contributed by atoms with E-state index in [0.29, 0.717) is 19.0 Å². The van der Waals surface area contributed by atoms with E-state index in [0.717, 1.165) is 24.4 Å². The number of rotatable bonds is 8. The van der Waals surface area contributed by atoms with Crippen molar-refractivity contribution in [3.8, 4) is 0 Å². The molecule has 1 rings (SSSR count). The highest BCUT2D eigenvalue weighted by Crippen LogP contribution is 1.98. The second-order valence-corrected chi connectivity index (χ2v) is 6.99. The summed E-state index contributed by atoms with van der Waals surface area (Å²) in [6, 6.07) is 0. The average Bonchev–Trinajstić information content (AvgIpc) is 2.95. The number of nitrogens with zero attached hydrogens (tertiary/aromatic N) is 4. The van der Waals surface area contributed by atoms with Crippen molar-refractivity contribution in [1.82, 2.24) is 30.7 Å². The van der Waals surface area contributed by atoms with Crippen molar-refractivity contribution in [3.63, 3.8) is 0 Å². The van der Waals surface area contributed by atoms with Crippen LogP contribution in [0.1, 0.15) is 40.4 Å². The molecule has 0 radical (unpaired) electrons. The average molecular weight is 477 g/mol. The molecule has 0 saturated carbocycles. The fraction of sp³-hybridized carbons (Fsp3) is 0.647. The Morgan fingerprint density at radius 3 is 2.62 bits per heavy atom. The van der Waals surface area contributed by atoms with E-state index in [9.17, 15) is 4.79 Å². The molecule has 1 aromatic rings. The molecule has 0 spiro atoms. The lowest BCUT2D eigenvalue weighted by Crippen LogP contribution is -2.43. The molecule has 26 heavy (non-hydrogen) atoms. The van der Waals surface area contributed by atoms with Gasteiger partial charge in [0.05, 0.1) is 0 Å². The van der Waals surface area contributed by atoms with Crippen molar-refractivity contribution in [3.05, 3.63) is 24.3 Å². The number of nitrogens with one attached hydrogen (secondary N) is 3. The molecule has 9 heteroatoms. The number of halogens is 1. The zero-order valence-corrected chi connectivity index (χ0v) is 18.8. The van der Waals surface area contributed by atoms with Crippen molar-refractivity contribution in [1.29, 1.82) is 0 Å². The monoisotopic (exact) mass is 477 g/mol. The maximum Gasteiger partial charge on any atom is 0.242 e. The van der Waals surface area contributed by atoms with E-state index >= 15 is 0 Å². The smallest absolute Gasteiger partial charge is 0.242 e. The van der Waals surface area contributed by atoms with Crippen LogP contribution in [-0.4, -0.2) is 51.8 Å². The Hall–Kier alpha value is -1.65. The predicted octanol–water partition coefficient (Wildman–Crippen LogP) is 1.48. The molecular weight excluding hydrogens is 445 g/mol. The van der Waals surface area contributed by atoms with Crippen LogP contribution in [-0.2, 0) is 17.8 Å². The van der Waals surface area contributed by atoms with Crippen LogP contribution in [0.25, 0.3) is 0 Å². The first-order valence-corrected chi connectivity index (χ1v) is 8.55. The van der Waals surface area contributed by atoms with Crippen molar-refractivity contribution in [2.24, 2.45) is 4.99 Å². The third-order valence-corrected chi connectivity index (χ3v) is 3.11. The lowest BCUT2D eigenvalue weighted by atomic mass is 10.1. The first kappa shape index (κ1) is 24.4. The minimum atomic E-state index is -0.268. The van der Waals surface area contributed by atoms with Crippen molar-refractivity contribution < 1.29 is 4.79 Å². The molecule has 0 saturated heterocycles. The summed E-state index contributed by atoms with van der Waals surface area (Å²) in [5, 5.41) is 17.3. The zero-order valence-electron chi connectivity index (χ0n) is 16.4. The number of aryl methyl sites for hydroxylation is 1. The first-order chi connectivity index (χ1) is 11.7. The Morgan fingerprint density at radius 1 is 1.35 bits per heavy atom. The SMILES string of the molecule is C=C(C)CNC(=NCC(=O)NC(C)(C)C)NCCn1cnnc1CC.I. The van der Waals surface area contributed by atoms with Gasteiger partial charge in [-0.25, -0.2) is 4.99 Å². The van der Waals surface area contributed by atoms with Crippen molar-refractivity contribution in [2.75, 3.05) is 19.6 Å². The number of guanidine groups is 1. The predicted molar refractivity (Wildman–Crippen MR) is 116 cm³/mol. The fourth-order valence-corrected chi connectivity index (χ4v) is 2.05. The summed E-state index contributed by atoms with van der Waals surface area (Å²) in [5.41, 5.74) is 0.719. The molecule has 0 aromatic carbocycles. The molecule has 148 valence electrons. The van der Waals surface area contributed by atoms with Crippen LogP contribution < -0.4 is 16.0 Å². The Bertz CT molecular complexity index is 604. The molecule has 0 unspecified atom stereocenters. The van der Waals surface area contributed by atoms with Crippen LogP contribution in [0.3, 0.4) is 0 Å². The van der Waals surface area contributed by atoms with Gasteiger partial charge in [0.15, 0.2) is 5.96 Å². The normalized spacial score (nSPS) is 11.5. The first-order valence-electron chi connectivity index (χ1n) is 8.55. The van der Waals surface area contributed by atoms with E-state index in [1.807, 2.05) is 39.2 Å². The van der Waals surface area contributed by atoms with Gasteiger partial charge >= 0.3 is 0 Å². The lowest BCUT2D eigenvalue weighted by Gasteiger charge is -2.20. The third-order valence-electron chi connectivity index (χ3n) is 3.11. The highest BCUT2D eigenvalue weighted by molar-refractivity contribution is 14.0. The number of carbonyl (C=O) groups excluding carboxylic acids is 1. The highest BCUT2D eigenvalue weighted by Gasteiger charge is 2.13. The topological polar surface area (TPSA) is 96.2 Å². The molecule has 1 heterocycles. The van der Waals surface area contributed by atoms with Crippen LogP contribution in [0.5, 0.6) is 0 Å². The number of aliphatic imine (C=N–C) groups is 1. The van der Waals surface area contributed by atoms with Gasteiger partial charge in [-0.15, -0.1) is 34.2 Å². The molecule has 3 N–H and O–H groups in total. The van der Waals surface area contributed by atoms with Crippen LogP contribution in [0.2, 0.25) is 0 Å². The second-order valence-electron chi connectivity index (χ2n) is 6.99. The minimum absolute atomic E-state index is 0. The van der Waals surface area contributed by atoms with E-state index in [1.165, 1.54) is 0 Å². The van der Waals surface area contributed by atoms with Crippen molar-refractivity contribution >= 4 is 35.8 Å². The fourth-order valence-electron chi connectivity index (χ4n) is 2.05. The van der Waals surface area contributed by atoms with Gasteiger partial charge in [-0.1, -0.05) is 19.1 Å². The number of carbonyl (C=O) groups is 1. The van der Waals surface area contributed by atoms with Gasteiger partial charge in [0, 0.05) is 31.6 Å². The van der Waals surface area contributed by atoms with E-state index in [2.05, 4.69) is 37.7 Å². The van der Waals surface area contributed by atoms with Crippen molar-refractivity contribution in [2.45, 2.75) is 53.1 Å². The molecule has 0 fully saturated rings. The number of aromatic nitrogens is 3. The summed E-state index contributed by atoms with van der Waals surface area (Å²) >= 11 is 0. The zero-order chi connectivity index (χ0) is 18.9. The number of amides is 1. The van der Waals surface area contributed by atoms with Gasteiger partial charge in [0.1, 0.15) is 18.7 Å². The summed E-state index contributed by atoms with van der Waals surface area (Å²) in [4.78, 5) is 16.3. The molecule has 0 aliphatic rings. The maximum atomic E-state index is 11.9. The third kappa shape index (κ3) is 10.4. The standard InChI is InChI=1S/C17H31N7O.HI/c1-7-14-23-21-12-24(14)9-8-18-16(19-10-13(2)3)20-11-15(25)22-17(4,5)6;/h12H,2,7-11H2,1,3-6H3,(H,22,25)(H2,18,19,20);1H. The largest absolute Gasteiger partial charge is 0.355 e. The Balaban J connectivity index is 0.00000625. The van der Waals surface area contributed by atoms with Gasteiger partial charge in [0.25, 0.3) is 0 Å². The van der Waals surface area contributed by atoms with Gasteiger partial charge in [-0.3, -0.25) is 4.79 Å². The summed E-state index contributed by atoms with van der Waals surface area (Å²) in [5.74, 6) is 1.41. The van der Waals surface area contributed by atoms with E-state index in [-0.39, 0.29) is 42.0 Å². The van der Waals surface area contributed by atoms with E-state index in [1.54, 1.807) is 6.33 Å². The molecule has 1 aromatic heterocycles. The molecule has 8 nitrogen and oxygen atoms in total. The van der Waals surface area contributed by atoms with Gasteiger partial charge in [-0.2, -0.15) is 0 Å². The Morgan fingerprint density at radius 2 is 2.04 bits per heavy atom. The van der Waals surface area contributed by atoms with E-state index in [4.69, 9.17) is 0 Å². The van der Waals surface area contributed by atoms with E-state index < -0.39 is 0 Å². The van der Waals surface area contributed by atoms with Gasteiger partial charge in [-0.05, 0) is 27.7 Å². The van der Waals surface area contributed by atoms with Crippen LogP contribution in [0, 0.1) is 0 Å². The number of hydrogen-bond acceptors (Lipinski definition) is 4. The van der Waals surface area contributed by atoms with Crippen LogP contribution in [0.4, 0.5) is 0 Å².